The molecule has 1 saturated heterocycles. The Balaban J connectivity index is 2.01. The fourth-order valence-corrected chi connectivity index (χ4v) is 2.42. The van der Waals surface area contributed by atoms with Gasteiger partial charge >= 0.3 is 0 Å². The predicted molar refractivity (Wildman–Crippen MR) is 71.2 cm³/mol. The molecule has 0 radical (unpaired) electrons. The minimum Gasteiger partial charge on any atom is -0.387 e. The average molecular weight is 247 g/mol. The molecule has 0 bridgehead atoms. The Kier molecular flexibility index (Phi) is 4.37. The molecule has 0 saturated carbocycles. The zero-order chi connectivity index (χ0) is 13.0. The van der Waals surface area contributed by atoms with Gasteiger partial charge in [-0.1, -0.05) is 36.2 Å². The van der Waals surface area contributed by atoms with Gasteiger partial charge in [0.15, 0.2) is 0 Å². The predicted octanol–water partition coefficient (Wildman–Crippen LogP) is 2.43. The Morgan fingerprint density at radius 2 is 2.17 bits per heavy atom. The molecule has 3 nitrogen and oxygen atoms in total. The first-order chi connectivity index (χ1) is 8.66. The van der Waals surface area contributed by atoms with Gasteiger partial charge in [-0.2, -0.15) is 0 Å². The Hall–Kier alpha value is -1.35. The molecule has 1 amide bonds. The maximum atomic E-state index is 11.9. The average Bonchev–Trinajstić information content (AvgIpc) is 2.55. The van der Waals surface area contributed by atoms with E-state index < -0.39 is 6.10 Å². The van der Waals surface area contributed by atoms with Crippen molar-refractivity contribution in [1.29, 1.82) is 0 Å². The van der Waals surface area contributed by atoms with E-state index in [9.17, 15) is 9.90 Å². The van der Waals surface area contributed by atoms with Crippen molar-refractivity contribution in [1.82, 2.24) is 4.90 Å². The van der Waals surface area contributed by atoms with Crippen LogP contribution in [0.2, 0.25) is 0 Å². The van der Waals surface area contributed by atoms with Gasteiger partial charge in [-0.25, -0.2) is 0 Å². The van der Waals surface area contributed by atoms with Gasteiger partial charge in [0, 0.05) is 13.0 Å². The number of carbonyl (C=O) groups excluding carboxylic acids is 1. The van der Waals surface area contributed by atoms with Crippen LogP contribution in [0.3, 0.4) is 0 Å². The van der Waals surface area contributed by atoms with Crippen molar-refractivity contribution in [3.05, 3.63) is 35.4 Å². The van der Waals surface area contributed by atoms with E-state index in [-0.39, 0.29) is 5.91 Å². The molecule has 3 heteroatoms. The zero-order valence-electron chi connectivity index (χ0n) is 10.9. The van der Waals surface area contributed by atoms with Crippen molar-refractivity contribution in [3.63, 3.8) is 0 Å². The molecule has 1 unspecified atom stereocenters. The summed E-state index contributed by atoms with van der Waals surface area (Å²) in [5, 5.41) is 10.2. The van der Waals surface area contributed by atoms with E-state index in [4.69, 9.17) is 0 Å². The molecule has 1 atom stereocenters. The van der Waals surface area contributed by atoms with E-state index in [2.05, 4.69) is 0 Å². The molecule has 1 fully saturated rings. The second-order valence-electron chi connectivity index (χ2n) is 5.08. The summed E-state index contributed by atoms with van der Waals surface area (Å²) in [4.78, 5) is 13.7. The summed E-state index contributed by atoms with van der Waals surface area (Å²) in [7, 11) is 0. The van der Waals surface area contributed by atoms with Crippen LogP contribution in [0, 0.1) is 6.92 Å². The Morgan fingerprint density at radius 3 is 2.94 bits per heavy atom. The largest absolute Gasteiger partial charge is 0.387 e. The zero-order valence-corrected chi connectivity index (χ0v) is 10.9. The van der Waals surface area contributed by atoms with Gasteiger partial charge in [0.05, 0.1) is 12.6 Å². The molecule has 1 aromatic rings. The number of aryl methyl sites for hydroxylation is 1. The maximum Gasteiger partial charge on any atom is 0.222 e. The maximum absolute atomic E-state index is 11.9. The lowest BCUT2D eigenvalue weighted by molar-refractivity contribution is -0.132. The highest BCUT2D eigenvalue weighted by atomic mass is 16.3. The lowest BCUT2D eigenvalue weighted by Crippen LogP contribution is -2.34. The molecule has 98 valence electrons. The first-order valence-electron chi connectivity index (χ1n) is 6.69. The number of rotatable bonds is 3. The van der Waals surface area contributed by atoms with Crippen LogP contribution >= 0.6 is 0 Å². The van der Waals surface area contributed by atoms with E-state index in [0.717, 1.165) is 36.9 Å². The molecule has 0 spiro atoms. The van der Waals surface area contributed by atoms with E-state index in [0.29, 0.717) is 13.0 Å². The van der Waals surface area contributed by atoms with Crippen LogP contribution in [-0.4, -0.2) is 29.0 Å². The number of hydrogen-bond acceptors (Lipinski definition) is 2. The number of likely N-dealkylation sites (tertiary alicyclic amines) is 1. The number of carbonyl (C=O) groups is 1. The molecule has 1 N–H and O–H groups in total. The Bertz CT molecular complexity index is 417. The number of benzene rings is 1. The van der Waals surface area contributed by atoms with Gasteiger partial charge in [-0.3, -0.25) is 4.79 Å². The Labute approximate surface area is 108 Å². The first kappa shape index (κ1) is 13.1. The number of amides is 1. The van der Waals surface area contributed by atoms with Gasteiger partial charge in [0.2, 0.25) is 5.91 Å². The molecule has 1 heterocycles. The topological polar surface area (TPSA) is 40.5 Å². The smallest absolute Gasteiger partial charge is 0.222 e. The van der Waals surface area contributed by atoms with Crippen molar-refractivity contribution in [2.24, 2.45) is 0 Å². The second kappa shape index (κ2) is 6.01. The summed E-state index contributed by atoms with van der Waals surface area (Å²) < 4.78 is 0. The van der Waals surface area contributed by atoms with Gasteiger partial charge in [0.25, 0.3) is 0 Å². The number of nitrogens with zero attached hydrogens (tertiary/aromatic N) is 1. The number of hydrogen-bond donors (Lipinski definition) is 1. The van der Waals surface area contributed by atoms with Crippen LogP contribution in [0.1, 0.15) is 42.9 Å². The third-order valence-electron chi connectivity index (χ3n) is 3.49. The molecule has 1 aliphatic rings. The van der Waals surface area contributed by atoms with E-state index in [1.165, 1.54) is 0 Å². The summed E-state index contributed by atoms with van der Waals surface area (Å²) in [6.45, 7) is 3.21. The molecule has 1 aromatic carbocycles. The third-order valence-corrected chi connectivity index (χ3v) is 3.49. The quantitative estimate of drug-likeness (QED) is 0.891. The second-order valence-corrected chi connectivity index (χ2v) is 5.08. The minimum absolute atomic E-state index is 0.180. The number of aliphatic hydroxyl groups excluding tert-OH is 1. The SMILES string of the molecule is Cc1cccc(C(O)CN2CCCCCC2=O)c1. The lowest BCUT2D eigenvalue weighted by atomic mass is 10.1. The van der Waals surface area contributed by atoms with Gasteiger partial charge in [0.1, 0.15) is 0 Å². The van der Waals surface area contributed by atoms with Crippen LogP contribution in [-0.2, 0) is 4.79 Å². The van der Waals surface area contributed by atoms with Crippen molar-refractivity contribution >= 4 is 5.91 Å². The van der Waals surface area contributed by atoms with Crippen LogP contribution in [0.25, 0.3) is 0 Å². The summed E-state index contributed by atoms with van der Waals surface area (Å²) >= 11 is 0. The van der Waals surface area contributed by atoms with Gasteiger partial charge < -0.3 is 10.0 Å². The molecule has 0 aromatic heterocycles. The molecular formula is C15H21NO2. The fourth-order valence-electron chi connectivity index (χ4n) is 2.42. The normalized spacial score (nSPS) is 18.6. The van der Waals surface area contributed by atoms with E-state index >= 15 is 0 Å². The monoisotopic (exact) mass is 247 g/mol. The molecule has 1 aliphatic heterocycles. The number of β-amino-alcohol motifs (C(OH)–C–C–N with tert-alkyl or cyclic N) is 1. The van der Waals surface area contributed by atoms with E-state index in [1.807, 2.05) is 31.2 Å². The van der Waals surface area contributed by atoms with Crippen LogP contribution < -0.4 is 0 Å². The summed E-state index contributed by atoms with van der Waals surface area (Å²) in [5.74, 6) is 0.180. The van der Waals surface area contributed by atoms with Crippen molar-refractivity contribution in [2.45, 2.75) is 38.7 Å². The number of aliphatic hydroxyl groups is 1. The third kappa shape index (κ3) is 3.33. The molecule has 18 heavy (non-hydrogen) atoms. The summed E-state index contributed by atoms with van der Waals surface area (Å²) in [5.41, 5.74) is 2.03. The summed E-state index contributed by atoms with van der Waals surface area (Å²) in [6, 6.07) is 7.85. The van der Waals surface area contributed by atoms with Gasteiger partial charge in [-0.15, -0.1) is 0 Å². The van der Waals surface area contributed by atoms with Gasteiger partial charge in [-0.05, 0) is 25.3 Å². The van der Waals surface area contributed by atoms with Crippen LogP contribution in [0.15, 0.2) is 24.3 Å². The van der Waals surface area contributed by atoms with Crippen molar-refractivity contribution in [3.8, 4) is 0 Å². The highest BCUT2D eigenvalue weighted by Gasteiger charge is 2.20. The molecular weight excluding hydrogens is 226 g/mol. The standard InChI is InChI=1S/C15H21NO2/c1-12-6-5-7-13(10-12)14(17)11-16-9-4-2-3-8-15(16)18/h5-7,10,14,17H,2-4,8-9,11H2,1H3. The molecule has 0 aliphatic carbocycles. The first-order valence-corrected chi connectivity index (χ1v) is 6.69. The lowest BCUT2D eigenvalue weighted by Gasteiger charge is -2.24. The highest BCUT2D eigenvalue weighted by Crippen LogP contribution is 2.18. The summed E-state index contributed by atoms with van der Waals surface area (Å²) in [6.07, 6.45) is 3.19. The Morgan fingerprint density at radius 1 is 1.33 bits per heavy atom. The van der Waals surface area contributed by atoms with Crippen LogP contribution in [0.5, 0.6) is 0 Å². The van der Waals surface area contributed by atoms with Crippen molar-refractivity contribution in [2.75, 3.05) is 13.1 Å². The minimum atomic E-state index is -0.577. The fraction of sp³-hybridized carbons (Fsp3) is 0.533. The van der Waals surface area contributed by atoms with Crippen molar-refractivity contribution < 1.29 is 9.90 Å². The molecule has 2 rings (SSSR count). The highest BCUT2D eigenvalue weighted by molar-refractivity contribution is 5.76. The van der Waals surface area contributed by atoms with E-state index in [1.54, 1.807) is 4.90 Å². The van der Waals surface area contributed by atoms with Crippen LogP contribution in [0.4, 0.5) is 0 Å².